The third kappa shape index (κ3) is 3.64. The zero-order valence-electron chi connectivity index (χ0n) is 11.7. The quantitative estimate of drug-likeness (QED) is 0.807. The van der Waals surface area contributed by atoms with E-state index >= 15 is 0 Å². The first-order chi connectivity index (χ1) is 10.2. The van der Waals surface area contributed by atoms with E-state index < -0.39 is 0 Å². The molecule has 1 aromatic heterocycles. The highest BCUT2D eigenvalue weighted by Crippen LogP contribution is 2.22. The van der Waals surface area contributed by atoms with E-state index in [1.807, 2.05) is 12.1 Å². The van der Waals surface area contributed by atoms with Gasteiger partial charge in [0.2, 0.25) is 0 Å². The number of carbonyl (C=O) groups excluding carboxylic acids is 1. The Morgan fingerprint density at radius 2 is 1.76 bits per heavy atom. The van der Waals surface area contributed by atoms with Crippen LogP contribution in [-0.4, -0.2) is 43.4 Å². The van der Waals surface area contributed by atoms with Crippen LogP contribution < -0.4 is 4.90 Å². The number of thiophene rings is 1. The van der Waals surface area contributed by atoms with E-state index in [0.717, 1.165) is 31.1 Å². The van der Waals surface area contributed by atoms with Crippen molar-refractivity contribution in [3.05, 3.63) is 51.7 Å². The summed E-state index contributed by atoms with van der Waals surface area (Å²) >= 11 is 7.24. The second-order valence-corrected chi connectivity index (χ2v) is 6.84. The number of rotatable bonds is 4. The maximum absolute atomic E-state index is 12.2. The molecule has 0 N–H and O–H groups in total. The molecule has 0 amide bonds. The third-order valence-electron chi connectivity index (χ3n) is 3.71. The van der Waals surface area contributed by atoms with E-state index in [0.29, 0.717) is 10.9 Å². The van der Waals surface area contributed by atoms with E-state index in [1.54, 1.807) is 6.07 Å². The van der Waals surface area contributed by atoms with Crippen LogP contribution in [0.25, 0.3) is 0 Å². The summed E-state index contributed by atoms with van der Waals surface area (Å²) in [5.74, 6) is 0.167. The molecule has 2 heterocycles. The lowest BCUT2D eigenvalue weighted by Crippen LogP contribution is -2.47. The Kier molecular flexibility index (Phi) is 4.58. The highest BCUT2D eigenvalue weighted by atomic mass is 35.5. The molecule has 0 radical (unpaired) electrons. The molecule has 110 valence electrons. The van der Waals surface area contributed by atoms with E-state index in [-0.39, 0.29) is 5.78 Å². The largest absolute Gasteiger partial charge is 0.369 e. The van der Waals surface area contributed by atoms with Crippen LogP contribution in [0.5, 0.6) is 0 Å². The summed E-state index contributed by atoms with van der Waals surface area (Å²) in [6.07, 6.45) is 0. The van der Waals surface area contributed by atoms with Crippen molar-refractivity contribution in [3.63, 3.8) is 0 Å². The molecular weight excluding hydrogens is 304 g/mol. The van der Waals surface area contributed by atoms with Crippen molar-refractivity contribution in [2.24, 2.45) is 0 Å². The highest BCUT2D eigenvalue weighted by Gasteiger charge is 2.20. The number of Topliss-reactive ketones (excluding diaryl/α,β-unsaturated/α-hetero) is 1. The number of anilines is 1. The van der Waals surface area contributed by atoms with Crippen LogP contribution in [0, 0.1) is 0 Å². The minimum atomic E-state index is 0.167. The van der Waals surface area contributed by atoms with E-state index in [4.69, 9.17) is 11.6 Å². The van der Waals surface area contributed by atoms with Crippen molar-refractivity contribution >= 4 is 34.4 Å². The zero-order chi connectivity index (χ0) is 14.7. The van der Waals surface area contributed by atoms with Crippen molar-refractivity contribution in [2.45, 2.75) is 0 Å². The predicted octanol–water partition coefficient (Wildman–Crippen LogP) is 3.41. The van der Waals surface area contributed by atoms with Gasteiger partial charge in [-0.3, -0.25) is 9.69 Å². The van der Waals surface area contributed by atoms with Crippen molar-refractivity contribution in [1.82, 2.24) is 4.90 Å². The summed E-state index contributed by atoms with van der Waals surface area (Å²) in [6.45, 7) is 4.24. The third-order valence-corrected chi connectivity index (χ3v) is 4.98. The fourth-order valence-corrected chi connectivity index (χ4v) is 3.52. The summed E-state index contributed by atoms with van der Waals surface area (Å²) in [7, 11) is 0. The number of hydrogen-bond acceptors (Lipinski definition) is 4. The van der Waals surface area contributed by atoms with Crippen molar-refractivity contribution < 1.29 is 4.79 Å². The first kappa shape index (κ1) is 14.6. The number of piperazine rings is 1. The zero-order valence-corrected chi connectivity index (χ0v) is 13.2. The Labute approximate surface area is 133 Å². The van der Waals surface area contributed by atoms with Crippen LogP contribution in [0.2, 0.25) is 4.34 Å². The number of benzene rings is 1. The molecule has 2 aromatic rings. The summed E-state index contributed by atoms with van der Waals surface area (Å²) in [4.78, 5) is 17.5. The average molecular weight is 321 g/mol. The van der Waals surface area contributed by atoms with Gasteiger partial charge in [-0.2, -0.15) is 0 Å². The molecule has 3 nitrogen and oxygen atoms in total. The van der Waals surface area contributed by atoms with Gasteiger partial charge in [-0.1, -0.05) is 29.8 Å². The maximum atomic E-state index is 12.2. The highest BCUT2D eigenvalue weighted by molar-refractivity contribution is 7.18. The molecule has 21 heavy (non-hydrogen) atoms. The standard InChI is InChI=1S/C16H17ClN2OS/c17-16-7-6-15(21-16)14(20)12-18-8-10-19(11-9-18)13-4-2-1-3-5-13/h1-7H,8-12H2. The van der Waals surface area contributed by atoms with Gasteiger partial charge in [0.05, 0.1) is 15.8 Å². The van der Waals surface area contributed by atoms with E-state index in [2.05, 4.69) is 34.1 Å². The smallest absolute Gasteiger partial charge is 0.186 e. The number of carbonyl (C=O) groups is 1. The molecular formula is C16H17ClN2OS. The second kappa shape index (κ2) is 6.60. The number of ketones is 1. The molecule has 0 unspecified atom stereocenters. The van der Waals surface area contributed by atoms with Gasteiger partial charge in [0.15, 0.2) is 5.78 Å². The minimum absolute atomic E-state index is 0.167. The Bertz CT molecular complexity index is 606. The van der Waals surface area contributed by atoms with Crippen LogP contribution in [0.4, 0.5) is 5.69 Å². The molecule has 0 atom stereocenters. The monoisotopic (exact) mass is 320 g/mol. The molecule has 1 aliphatic heterocycles. The summed E-state index contributed by atoms with van der Waals surface area (Å²) < 4.78 is 0.673. The lowest BCUT2D eigenvalue weighted by Gasteiger charge is -2.35. The summed E-state index contributed by atoms with van der Waals surface area (Å²) in [5, 5.41) is 0. The first-order valence-corrected chi connectivity index (χ1v) is 8.23. The molecule has 1 aliphatic rings. The Balaban J connectivity index is 1.53. The van der Waals surface area contributed by atoms with Crippen LogP contribution >= 0.6 is 22.9 Å². The van der Waals surface area contributed by atoms with Gasteiger partial charge in [0.1, 0.15) is 0 Å². The van der Waals surface area contributed by atoms with Crippen LogP contribution in [0.1, 0.15) is 9.67 Å². The van der Waals surface area contributed by atoms with Crippen molar-refractivity contribution in [3.8, 4) is 0 Å². The maximum Gasteiger partial charge on any atom is 0.186 e. The molecule has 1 aromatic carbocycles. The fraction of sp³-hybridized carbons (Fsp3) is 0.312. The van der Waals surface area contributed by atoms with Gasteiger partial charge in [-0.25, -0.2) is 0 Å². The summed E-state index contributed by atoms with van der Waals surface area (Å²) in [5.41, 5.74) is 1.26. The normalized spacial score (nSPS) is 16.1. The predicted molar refractivity (Wildman–Crippen MR) is 88.8 cm³/mol. The molecule has 0 aliphatic carbocycles. The SMILES string of the molecule is O=C(CN1CCN(c2ccccc2)CC1)c1ccc(Cl)s1. The van der Waals surface area contributed by atoms with Crippen LogP contribution in [0.3, 0.4) is 0 Å². The van der Waals surface area contributed by atoms with Gasteiger partial charge < -0.3 is 4.90 Å². The number of halogens is 1. The Hall–Kier alpha value is -1.36. The Morgan fingerprint density at radius 3 is 2.38 bits per heavy atom. The number of nitrogens with zero attached hydrogens (tertiary/aromatic N) is 2. The topological polar surface area (TPSA) is 23.6 Å². The van der Waals surface area contributed by atoms with Crippen molar-refractivity contribution in [2.75, 3.05) is 37.6 Å². The van der Waals surface area contributed by atoms with Crippen molar-refractivity contribution in [1.29, 1.82) is 0 Å². The van der Waals surface area contributed by atoms with Gasteiger partial charge in [0.25, 0.3) is 0 Å². The molecule has 5 heteroatoms. The minimum Gasteiger partial charge on any atom is -0.369 e. The van der Waals surface area contributed by atoms with E-state index in [1.165, 1.54) is 17.0 Å². The molecule has 3 rings (SSSR count). The van der Waals surface area contributed by atoms with Gasteiger partial charge in [0, 0.05) is 31.9 Å². The second-order valence-electron chi connectivity index (χ2n) is 5.13. The average Bonchev–Trinajstić information content (AvgIpc) is 2.96. The van der Waals surface area contributed by atoms with Crippen LogP contribution in [-0.2, 0) is 0 Å². The molecule has 0 bridgehead atoms. The van der Waals surface area contributed by atoms with Gasteiger partial charge in [-0.15, -0.1) is 11.3 Å². The molecule has 1 fully saturated rings. The number of para-hydroxylation sites is 1. The van der Waals surface area contributed by atoms with Gasteiger partial charge in [-0.05, 0) is 24.3 Å². The molecule has 0 saturated carbocycles. The van der Waals surface area contributed by atoms with Gasteiger partial charge >= 0.3 is 0 Å². The Morgan fingerprint density at radius 1 is 1.05 bits per heavy atom. The van der Waals surface area contributed by atoms with E-state index in [9.17, 15) is 4.79 Å². The molecule has 0 spiro atoms. The lowest BCUT2D eigenvalue weighted by molar-refractivity contribution is 0.0930. The van der Waals surface area contributed by atoms with Crippen LogP contribution in [0.15, 0.2) is 42.5 Å². The summed E-state index contributed by atoms with van der Waals surface area (Å²) in [6, 6.07) is 14.0. The first-order valence-electron chi connectivity index (χ1n) is 7.03. The number of hydrogen-bond donors (Lipinski definition) is 0. The fourth-order valence-electron chi connectivity index (χ4n) is 2.55. The molecule has 1 saturated heterocycles. The lowest BCUT2D eigenvalue weighted by atomic mass is 10.2.